The Morgan fingerprint density at radius 3 is 2.25 bits per heavy atom. The zero-order valence-electron chi connectivity index (χ0n) is 11.9. The number of rotatable bonds is 1. The van der Waals surface area contributed by atoms with Crippen LogP contribution in [0.5, 0.6) is 0 Å². The Hall–Kier alpha value is -1.10. The first-order valence-electron chi connectivity index (χ1n) is 7.98. The summed E-state index contributed by atoms with van der Waals surface area (Å²) in [6.45, 7) is 0. The number of nitrogens with one attached hydrogen (secondary N) is 1. The van der Waals surface area contributed by atoms with E-state index in [1.54, 1.807) is 0 Å². The van der Waals surface area contributed by atoms with Crippen LogP contribution < -0.4 is 5.32 Å². The van der Waals surface area contributed by atoms with E-state index in [1.165, 1.54) is 11.3 Å². The fourth-order valence-electron chi connectivity index (χ4n) is 4.01. The monoisotopic (exact) mass is 280 g/mol. The number of aliphatic hydroxyl groups excluding tert-OH is 1. The van der Waals surface area contributed by atoms with Crippen LogP contribution in [0.3, 0.4) is 0 Å². The molecule has 0 radical (unpaired) electrons. The van der Waals surface area contributed by atoms with E-state index in [1.807, 2.05) is 0 Å². The largest absolute Gasteiger partial charge is 0.391 e. The Morgan fingerprint density at radius 2 is 1.65 bits per heavy atom. The minimum atomic E-state index is -0.681. The van der Waals surface area contributed by atoms with Gasteiger partial charge in [-0.2, -0.15) is 0 Å². The maximum absolute atomic E-state index is 12.8. The van der Waals surface area contributed by atoms with E-state index in [0.29, 0.717) is 6.42 Å². The molecule has 3 rings (SSSR count). The molecule has 2 atom stereocenters. The van der Waals surface area contributed by atoms with Crippen LogP contribution in [-0.2, 0) is 4.79 Å². The molecule has 2 N–H and O–H groups in total. The van der Waals surface area contributed by atoms with Crippen molar-refractivity contribution >= 4 is 11.9 Å². The number of urea groups is 1. The van der Waals surface area contributed by atoms with Gasteiger partial charge in [0.15, 0.2) is 0 Å². The van der Waals surface area contributed by atoms with Gasteiger partial charge in [0.1, 0.15) is 5.54 Å². The summed E-state index contributed by atoms with van der Waals surface area (Å²) in [7, 11) is 0. The first-order chi connectivity index (χ1) is 9.64. The van der Waals surface area contributed by atoms with Crippen LogP contribution in [0.1, 0.15) is 64.2 Å². The van der Waals surface area contributed by atoms with Gasteiger partial charge in [0, 0.05) is 0 Å². The summed E-state index contributed by atoms with van der Waals surface area (Å²) in [6, 6.07) is -0.603. The topological polar surface area (TPSA) is 69.6 Å². The molecule has 112 valence electrons. The van der Waals surface area contributed by atoms with Crippen LogP contribution in [0.4, 0.5) is 4.79 Å². The minimum Gasteiger partial charge on any atom is -0.391 e. The second-order valence-corrected chi connectivity index (χ2v) is 6.52. The first-order valence-corrected chi connectivity index (χ1v) is 7.98. The zero-order valence-corrected chi connectivity index (χ0v) is 11.9. The summed E-state index contributed by atoms with van der Waals surface area (Å²) in [4.78, 5) is 26.4. The molecule has 3 fully saturated rings. The van der Waals surface area contributed by atoms with E-state index >= 15 is 0 Å². The highest BCUT2D eigenvalue weighted by molar-refractivity contribution is 6.07. The minimum absolute atomic E-state index is 0.0876. The van der Waals surface area contributed by atoms with E-state index in [-0.39, 0.29) is 18.0 Å². The average Bonchev–Trinajstić information content (AvgIpc) is 2.88. The van der Waals surface area contributed by atoms with E-state index < -0.39 is 11.6 Å². The Kier molecular flexibility index (Phi) is 3.71. The normalized spacial score (nSPS) is 34.1. The van der Waals surface area contributed by atoms with Crippen LogP contribution in [0, 0.1) is 0 Å². The van der Waals surface area contributed by atoms with Gasteiger partial charge >= 0.3 is 6.03 Å². The molecule has 1 saturated heterocycles. The second kappa shape index (κ2) is 5.35. The molecular weight excluding hydrogens is 256 g/mol. The van der Waals surface area contributed by atoms with Crippen LogP contribution in [0.25, 0.3) is 0 Å². The third-order valence-corrected chi connectivity index (χ3v) is 5.18. The Labute approximate surface area is 119 Å². The van der Waals surface area contributed by atoms with E-state index in [2.05, 4.69) is 5.32 Å². The van der Waals surface area contributed by atoms with E-state index in [4.69, 9.17) is 0 Å². The number of nitrogens with zero attached hydrogens (tertiary/aromatic N) is 1. The maximum atomic E-state index is 12.8. The fourth-order valence-corrected chi connectivity index (χ4v) is 4.01. The number of imide groups is 1. The lowest BCUT2D eigenvalue weighted by molar-refractivity contribution is -0.134. The van der Waals surface area contributed by atoms with Crippen LogP contribution >= 0.6 is 0 Å². The van der Waals surface area contributed by atoms with Gasteiger partial charge in [0.25, 0.3) is 5.91 Å². The number of hydrogen-bond donors (Lipinski definition) is 2. The standard InChI is InChI=1S/C15H24N2O3/c18-12-8-6-7-11(12)17-13(19)15(16-14(17)20)9-4-2-1-3-5-10-15/h11-12,18H,1-10H2,(H,16,20)/t11-,12-/m0/s1. The summed E-state index contributed by atoms with van der Waals surface area (Å²) in [5.74, 6) is -0.0876. The Balaban J connectivity index is 1.81. The molecule has 20 heavy (non-hydrogen) atoms. The van der Waals surface area contributed by atoms with Gasteiger partial charge in [-0.25, -0.2) is 4.79 Å². The van der Waals surface area contributed by atoms with Crippen molar-refractivity contribution in [2.24, 2.45) is 0 Å². The van der Waals surface area contributed by atoms with Crippen molar-refractivity contribution < 1.29 is 14.7 Å². The molecule has 0 unspecified atom stereocenters. The summed E-state index contributed by atoms with van der Waals surface area (Å²) in [5.41, 5.74) is -0.681. The predicted octanol–water partition coefficient (Wildman–Crippen LogP) is 1.93. The Morgan fingerprint density at radius 1 is 1.00 bits per heavy atom. The molecule has 3 amide bonds. The van der Waals surface area contributed by atoms with Crippen molar-refractivity contribution in [3.8, 4) is 0 Å². The SMILES string of the molecule is O=C1NC2(CCCCCCC2)C(=O)N1[C@H]1CCC[C@@H]1O. The predicted molar refractivity (Wildman–Crippen MR) is 74.1 cm³/mol. The molecule has 0 aromatic carbocycles. The van der Waals surface area contributed by atoms with Gasteiger partial charge in [-0.05, 0) is 32.1 Å². The van der Waals surface area contributed by atoms with Gasteiger partial charge in [-0.15, -0.1) is 0 Å². The molecule has 5 nitrogen and oxygen atoms in total. The highest BCUT2D eigenvalue weighted by Gasteiger charge is 2.54. The van der Waals surface area contributed by atoms with E-state index in [9.17, 15) is 14.7 Å². The van der Waals surface area contributed by atoms with Crippen molar-refractivity contribution in [3.05, 3.63) is 0 Å². The average molecular weight is 280 g/mol. The molecule has 3 aliphatic rings. The lowest BCUT2D eigenvalue weighted by Gasteiger charge is -2.30. The third-order valence-electron chi connectivity index (χ3n) is 5.18. The second-order valence-electron chi connectivity index (χ2n) is 6.52. The van der Waals surface area contributed by atoms with Crippen molar-refractivity contribution in [2.45, 2.75) is 81.9 Å². The fraction of sp³-hybridized carbons (Fsp3) is 0.867. The van der Waals surface area contributed by atoms with Gasteiger partial charge in [-0.1, -0.05) is 32.1 Å². The molecule has 1 aliphatic heterocycles. The Bertz CT molecular complexity index is 402. The number of carbonyl (C=O) groups is 2. The molecule has 5 heteroatoms. The van der Waals surface area contributed by atoms with Crippen molar-refractivity contribution in [1.29, 1.82) is 0 Å². The van der Waals surface area contributed by atoms with E-state index in [0.717, 1.165) is 51.4 Å². The molecule has 1 spiro atoms. The summed E-state index contributed by atoms with van der Waals surface area (Å²) >= 11 is 0. The van der Waals surface area contributed by atoms with Crippen molar-refractivity contribution in [3.63, 3.8) is 0 Å². The molecule has 0 aromatic heterocycles. The lowest BCUT2D eigenvalue weighted by Crippen LogP contribution is -2.49. The molecule has 1 heterocycles. The highest BCUT2D eigenvalue weighted by Crippen LogP contribution is 2.35. The molecule has 2 saturated carbocycles. The zero-order chi connectivity index (χ0) is 14.2. The third kappa shape index (κ3) is 2.22. The van der Waals surface area contributed by atoms with Crippen molar-refractivity contribution in [2.75, 3.05) is 0 Å². The maximum Gasteiger partial charge on any atom is 0.325 e. The smallest absolute Gasteiger partial charge is 0.325 e. The summed E-state index contributed by atoms with van der Waals surface area (Å²) < 4.78 is 0. The number of aliphatic hydroxyl groups is 1. The number of amides is 3. The molecule has 0 bridgehead atoms. The molecule has 0 aromatic rings. The lowest BCUT2D eigenvalue weighted by atomic mass is 9.83. The van der Waals surface area contributed by atoms with Crippen molar-refractivity contribution in [1.82, 2.24) is 10.2 Å². The quantitative estimate of drug-likeness (QED) is 0.721. The number of carbonyl (C=O) groups excluding carboxylic acids is 2. The van der Waals surface area contributed by atoms with Crippen LogP contribution in [0.15, 0.2) is 0 Å². The van der Waals surface area contributed by atoms with Crippen LogP contribution in [-0.4, -0.2) is 39.6 Å². The molecule has 2 aliphatic carbocycles. The highest BCUT2D eigenvalue weighted by atomic mass is 16.3. The van der Waals surface area contributed by atoms with Gasteiger partial charge in [-0.3, -0.25) is 9.69 Å². The van der Waals surface area contributed by atoms with Gasteiger partial charge < -0.3 is 10.4 Å². The first kappa shape index (κ1) is 13.9. The summed E-state index contributed by atoms with van der Waals surface area (Å²) in [5, 5.41) is 13.0. The van der Waals surface area contributed by atoms with Crippen LogP contribution in [0.2, 0.25) is 0 Å². The number of hydrogen-bond acceptors (Lipinski definition) is 3. The molecular formula is C15H24N2O3. The summed E-state index contributed by atoms with van der Waals surface area (Å²) in [6.07, 6.45) is 8.74. The van der Waals surface area contributed by atoms with Gasteiger partial charge in [0.2, 0.25) is 0 Å². The van der Waals surface area contributed by atoms with Gasteiger partial charge in [0.05, 0.1) is 12.1 Å².